The van der Waals surface area contributed by atoms with Crippen LogP contribution in [-0.4, -0.2) is 14.0 Å². The van der Waals surface area contributed by atoms with Gasteiger partial charge in [0.05, 0.1) is 5.56 Å². The van der Waals surface area contributed by atoms with Gasteiger partial charge in [-0.1, -0.05) is 28.1 Å². The zero-order valence-electron chi connectivity index (χ0n) is 6.71. The van der Waals surface area contributed by atoms with Crippen LogP contribution in [0.4, 0.5) is 0 Å². The van der Waals surface area contributed by atoms with Gasteiger partial charge >= 0.3 is 14.0 Å². The lowest BCUT2D eigenvalue weighted by Gasteiger charge is -1.99. The molecule has 0 unspecified atom stereocenters. The lowest BCUT2D eigenvalue weighted by Crippen LogP contribution is -2.01. The number of hydrogen-bond donors (Lipinski definition) is 0. The van der Waals surface area contributed by atoms with Crippen molar-refractivity contribution in [2.45, 2.75) is 5.33 Å². The maximum Gasteiger partial charge on any atom is 0.326 e. The summed E-state index contributed by atoms with van der Waals surface area (Å²) in [7, 11) is 1.38. The topological polar surface area (TPSA) is 26.3 Å². The molecule has 0 aliphatic carbocycles. The number of hydrogen-bond acceptors (Lipinski definition) is 2. The molecule has 0 amide bonds. The minimum atomic E-state index is -0.295. The third kappa shape index (κ3) is 2.11. The molecule has 0 fully saturated rings. The fraction of sp³-hybridized carbons (Fsp3) is 0.125. The zero-order valence-corrected chi connectivity index (χ0v) is 8.30. The molecule has 0 aliphatic heterocycles. The van der Waals surface area contributed by atoms with Crippen LogP contribution >= 0.6 is 15.9 Å². The minimum absolute atomic E-state index is 0.295. The van der Waals surface area contributed by atoms with E-state index in [1.54, 1.807) is 12.1 Å². The molecule has 4 heteroatoms. The van der Waals surface area contributed by atoms with E-state index >= 15 is 0 Å². The van der Waals surface area contributed by atoms with Crippen LogP contribution in [0, 0.1) is 0 Å². The third-order valence-electron chi connectivity index (χ3n) is 1.53. The summed E-state index contributed by atoms with van der Waals surface area (Å²) in [5.74, 6) is -0.295. The normalized spacial score (nSPS) is 9.42. The molecular weight excluding hydrogens is 219 g/mol. The molecule has 1 aromatic carbocycles. The molecule has 0 atom stereocenters. The van der Waals surface area contributed by atoms with Crippen molar-refractivity contribution in [2.75, 3.05) is 0 Å². The molecule has 0 saturated carbocycles. The molecule has 1 rings (SSSR count). The SMILES string of the molecule is BOC(=O)c1ccc(CBr)cc1. The molecule has 12 heavy (non-hydrogen) atoms. The van der Waals surface area contributed by atoms with E-state index in [1.807, 2.05) is 12.1 Å². The van der Waals surface area contributed by atoms with Crippen LogP contribution in [0.3, 0.4) is 0 Å². The van der Waals surface area contributed by atoms with E-state index in [4.69, 9.17) is 0 Å². The Morgan fingerprint density at radius 1 is 1.42 bits per heavy atom. The van der Waals surface area contributed by atoms with Crippen molar-refractivity contribution in [1.29, 1.82) is 0 Å². The summed E-state index contributed by atoms with van der Waals surface area (Å²) in [5, 5.41) is 0.800. The molecule has 0 saturated heterocycles. The van der Waals surface area contributed by atoms with Crippen LogP contribution < -0.4 is 0 Å². The summed E-state index contributed by atoms with van der Waals surface area (Å²) in [6.45, 7) is 0. The van der Waals surface area contributed by atoms with E-state index in [9.17, 15) is 4.79 Å². The highest BCUT2D eigenvalue weighted by Crippen LogP contribution is 2.08. The number of benzene rings is 1. The lowest BCUT2D eigenvalue weighted by atomic mass is 10.1. The second-order valence-electron chi connectivity index (χ2n) is 2.32. The second-order valence-corrected chi connectivity index (χ2v) is 2.88. The third-order valence-corrected chi connectivity index (χ3v) is 2.18. The van der Waals surface area contributed by atoms with Crippen LogP contribution in [-0.2, 0) is 9.98 Å². The van der Waals surface area contributed by atoms with Gasteiger partial charge in [-0.05, 0) is 17.7 Å². The first kappa shape index (κ1) is 9.32. The highest BCUT2D eigenvalue weighted by atomic mass is 79.9. The highest BCUT2D eigenvalue weighted by molar-refractivity contribution is 9.08. The predicted molar refractivity (Wildman–Crippen MR) is 53.0 cm³/mol. The van der Waals surface area contributed by atoms with Gasteiger partial charge in [0, 0.05) is 5.33 Å². The van der Waals surface area contributed by atoms with Gasteiger partial charge in [0.15, 0.2) is 0 Å². The van der Waals surface area contributed by atoms with Crippen molar-refractivity contribution in [2.24, 2.45) is 0 Å². The van der Waals surface area contributed by atoms with Gasteiger partial charge in [-0.2, -0.15) is 0 Å². The highest BCUT2D eigenvalue weighted by Gasteiger charge is 2.02. The monoisotopic (exact) mass is 226 g/mol. The van der Waals surface area contributed by atoms with Gasteiger partial charge in [-0.3, -0.25) is 0 Å². The van der Waals surface area contributed by atoms with E-state index < -0.39 is 0 Å². The molecule has 0 aliphatic rings. The minimum Gasteiger partial charge on any atom is -0.540 e. The van der Waals surface area contributed by atoms with Gasteiger partial charge < -0.3 is 4.65 Å². The average molecular weight is 227 g/mol. The number of halogens is 1. The van der Waals surface area contributed by atoms with Gasteiger partial charge in [0.1, 0.15) is 0 Å². The van der Waals surface area contributed by atoms with Crippen LogP contribution in [0.15, 0.2) is 24.3 Å². The van der Waals surface area contributed by atoms with E-state index in [-0.39, 0.29) is 5.97 Å². The maximum atomic E-state index is 11.0. The Morgan fingerprint density at radius 3 is 2.42 bits per heavy atom. The Morgan fingerprint density at radius 2 is 2.00 bits per heavy atom. The summed E-state index contributed by atoms with van der Waals surface area (Å²) >= 11 is 3.32. The van der Waals surface area contributed by atoms with E-state index in [2.05, 4.69) is 20.6 Å². The van der Waals surface area contributed by atoms with Crippen molar-refractivity contribution in [1.82, 2.24) is 0 Å². The Kier molecular flexibility index (Phi) is 3.35. The first-order valence-electron chi connectivity index (χ1n) is 3.51. The number of rotatable bonds is 2. The van der Waals surface area contributed by atoms with Gasteiger partial charge in [-0.25, -0.2) is 4.79 Å². The maximum absolute atomic E-state index is 11.0. The molecule has 0 heterocycles. The van der Waals surface area contributed by atoms with Crippen LogP contribution in [0.2, 0.25) is 0 Å². The Labute approximate surface area is 80.5 Å². The van der Waals surface area contributed by atoms with Crippen molar-refractivity contribution in [3.63, 3.8) is 0 Å². The van der Waals surface area contributed by atoms with Crippen molar-refractivity contribution >= 4 is 29.9 Å². The average Bonchev–Trinajstić information content (AvgIpc) is 2.17. The molecule has 0 spiro atoms. The fourth-order valence-corrected chi connectivity index (χ4v) is 1.22. The summed E-state index contributed by atoms with van der Waals surface area (Å²) < 4.78 is 4.56. The van der Waals surface area contributed by atoms with Crippen LogP contribution in [0.1, 0.15) is 15.9 Å². The molecule has 2 nitrogen and oxygen atoms in total. The fourth-order valence-electron chi connectivity index (χ4n) is 0.848. The largest absolute Gasteiger partial charge is 0.540 e. The van der Waals surface area contributed by atoms with Crippen molar-refractivity contribution < 1.29 is 9.45 Å². The predicted octanol–water partition coefficient (Wildman–Crippen LogP) is 1.29. The van der Waals surface area contributed by atoms with Crippen molar-refractivity contribution in [3.8, 4) is 0 Å². The zero-order chi connectivity index (χ0) is 8.97. The standard InChI is InChI=1S/C8H8BBrO2/c9-12-8(11)7-3-1-6(5-10)2-4-7/h1-4H,5,9H2. The quantitative estimate of drug-likeness (QED) is 0.561. The molecule has 62 valence electrons. The molecule has 0 bridgehead atoms. The lowest BCUT2D eigenvalue weighted by molar-refractivity contribution is 0.0749. The number of alkyl halides is 1. The number of carbonyl (C=O) groups excluding carboxylic acids is 1. The summed E-state index contributed by atoms with van der Waals surface area (Å²) in [6.07, 6.45) is 0. The summed E-state index contributed by atoms with van der Waals surface area (Å²) in [4.78, 5) is 11.0. The van der Waals surface area contributed by atoms with Crippen molar-refractivity contribution in [3.05, 3.63) is 35.4 Å². The molecule has 0 N–H and O–H groups in total. The summed E-state index contributed by atoms with van der Waals surface area (Å²) in [6, 6.07) is 7.28. The summed E-state index contributed by atoms with van der Waals surface area (Å²) in [5.41, 5.74) is 1.73. The van der Waals surface area contributed by atoms with Crippen LogP contribution in [0.25, 0.3) is 0 Å². The molecule has 0 aromatic heterocycles. The molecule has 0 radical (unpaired) electrons. The van der Waals surface area contributed by atoms with E-state index in [0.29, 0.717) is 5.56 Å². The smallest absolute Gasteiger partial charge is 0.326 e. The first-order chi connectivity index (χ1) is 5.77. The first-order valence-corrected chi connectivity index (χ1v) is 4.63. The number of carbonyl (C=O) groups is 1. The Balaban J connectivity index is 2.84. The molecular formula is C8H8BBrO2. The van der Waals surface area contributed by atoms with Gasteiger partial charge in [0.2, 0.25) is 0 Å². The second kappa shape index (κ2) is 4.31. The van der Waals surface area contributed by atoms with Gasteiger partial charge in [-0.15, -0.1) is 0 Å². The Hall–Kier alpha value is -0.765. The van der Waals surface area contributed by atoms with Crippen LogP contribution in [0.5, 0.6) is 0 Å². The van der Waals surface area contributed by atoms with Gasteiger partial charge in [0.25, 0.3) is 0 Å². The Bertz CT molecular complexity index is 271. The molecule has 1 aromatic rings. The van der Waals surface area contributed by atoms with E-state index in [0.717, 1.165) is 10.9 Å². The van der Waals surface area contributed by atoms with E-state index in [1.165, 1.54) is 8.05 Å².